The molecule has 1 N–H and O–H groups in total. The quantitative estimate of drug-likeness (QED) is 0.536. The topological polar surface area (TPSA) is 81.9 Å². The summed E-state index contributed by atoms with van der Waals surface area (Å²) >= 11 is 0. The van der Waals surface area contributed by atoms with Gasteiger partial charge in [-0.1, -0.05) is 24.3 Å². The van der Waals surface area contributed by atoms with Crippen LogP contribution in [0.25, 0.3) is 10.9 Å². The van der Waals surface area contributed by atoms with Crippen LogP contribution in [0.1, 0.15) is 5.56 Å². The lowest BCUT2D eigenvalue weighted by Crippen LogP contribution is -2.25. The molecule has 0 atom stereocenters. The fourth-order valence-corrected chi connectivity index (χ4v) is 2.58. The van der Waals surface area contributed by atoms with Crippen LogP contribution in [0.15, 0.2) is 64.5 Å². The van der Waals surface area contributed by atoms with Crippen molar-refractivity contribution in [3.05, 3.63) is 70.5 Å². The Morgan fingerprint density at radius 3 is 2.81 bits per heavy atom. The molecule has 0 bridgehead atoms. The van der Waals surface area contributed by atoms with E-state index in [1.165, 1.54) is 16.8 Å². The first-order chi connectivity index (χ1) is 13.1. The monoisotopic (exact) mass is 365 g/mol. The third-order valence-electron chi connectivity index (χ3n) is 3.97. The predicted molar refractivity (Wildman–Crippen MR) is 103 cm³/mol. The van der Waals surface area contributed by atoms with Gasteiger partial charge >= 0.3 is 0 Å². The molecule has 0 saturated carbocycles. The number of nitrogens with zero attached hydrogens (tertiary/aromatic N) is 2. The zero-order valence-corrected chi connectivity index (χ0v) is 15.0. The molecule has 0 aliphatic heterocycles. The van der Waals surface area contributed by atoms with Crippen LogP contribution < -0.4 is 20.5 Å². The summed E-state index contributed by atoms with van der Waals surface area (Å²) < 4.78 is 12.2. The summed E-state index contributed by atoms with van der Waals surface area (Å²) in [5.41, 5.74) is 3.70. The molecule has 3 aromatic rings. The van der Waals surface area contributed by atoms with Crippen molar-refractivity contribution in [2.75, 3.05) is 13.7 Å². The van der Waals surface area contributed by atoms with Crippen molar-refractivity contribution >= 4 is 23.0 Å². The van der Waals surface area contributed by atoms with Gasteiger partial charge in [0.1, 0.15) is 11.5 Å². The van der Waals surface area contributed by atoms with E-state index in [-0.39, 0.29) is 12.2 Å². The molecule has 1 amide bonds. The number of pyridine rings is 1. The van der Waals surface area contributed by atoms with E-state index in [4.69, 9.17) is 9.47 Å². The first-order valence-corrected chi connectivity index (χ1v) is 8.26. The molecule has 1 heterocycles. The van der Waals surface area contributed by atoms with Gasteiger partial charge in [-0.3, -0.25) is 9.59 Å². The number of rotatable bonds is 6. The Labute approximate surface area is 155 Å². The Bertz CT molecular complexity index is 1060. The molecule has 7 nitrogen and oxygen atoms in total. The van der Waals surface area contributed by atoms with Crippen molar-refractivity contribution < 1.29 is 14.3 Å². The Balaban J connectivity index is 1.64. The molecule has 1 aromatic heterocycles. The number of benzene rings is 2. The summed E-state index contributed by atoms with van der Waals surface area (Å²) in [4.78, 5) is 24.0. The van der Waals surface area contributed by atoms with Crippen molar-refractivity contribution in [2.24, 2.45) is 12.1 Å². The van der Waals surface area contributed by atoms with Crippen LogP contribution >= 0.6 is 0 Å². The number of para-hydroxylation sites is 1. The molecule has 0 aliphatic rings. The number of aromatic nitrogens is 1. The lowest BCUT2D eigenvalue weighted by Gasteiger charge is -2.10. The van der Waals surface area contributed by atoms with Crippen LogP contribution in [0.3, 0.4) is 0 Å². The van der Waals surface area contributed by atoms with Gasteiger partial charge in [-0.2, -0.15) is 5.10 Å². The minimum absolute atomic E-state index is 0.208. The molecule has 0 fully saturated rings. The highest BCUT2D eigenvalue weighted by Gasteiger charge is 2.09. The first kappa shape index (κ1) is 18.2. The lowest BCUT2D eigenvalue weighted by molar-refractivity contribution is -0.123. The van der Waals surface area contributed by atoms with E-state index in [0.717, 1.165) is 16.5 Å². The first-order valence-electron chi connectivity index (χ1n) is 8.26. The average Bonchev–Trinajstić information content (AvgIpc) is 2.70. The highest BCUT2D eigenvalue weighted by Crippen LogP contribution is 2.22. The summed E-state index contributed by atoms with van der Waals surface area (Å²) in [6.07, 6.45) is 1.51. The second-order valence-electron chi connectivity index (χ2n) is 5.78. The third-order valence-corrected chi connectivity index (χ3v) is 3.97. The van der Waals surface area contributed by atoms with Gasteiger partial charge in [0.2, 0.25) is 0 Å². The molecule has 0 saturated heterocycles. The van der Waals surface area contributed by atoms with Crippen LogP contribution in [-0.4, -0.2) is 30.4 Å². The molecular formula is C20H19N3O4. The Hall–Kier alpha value is -3.61. The van der Waals surface area contributed by atoms with Crippen LogP contribution in [0.2, 0.25) is 0 Å². The van der Waals surface area contributed by atoms with Gasteiger partial charge in [0, 0.05) is 18.5 Å². The predicted octanol–water partition coefficient (Wildman–Crippen LogP) is 2.08. The average molecular weight is 365 g/mol. The molecule has 138 valence electrons. The van der Waals surface area contributed by atoms with Crippen molar-refractivity contribution in [1.82, 2.24) is 9.99 Å². The number of hydrogen-bond donors (Lipinski definition) is 1. The van der Waals surface area contributed by atoms with Crippen LogP contribution in [-0.2, 0) is 11.8 Å². The molecular weight excluding hydrogens is 346 g/mol. The zero-order chi connectivity index (χ0) is 19.2. The van der Waals surface area contributed by atoms with Gasteiger partial charge in [-0.05, 0) is 29.8 Å². The van der Waals surface area contributed by atoms with E-state index in [9.17, 15) is 9.59 Å². The SMILES string of the molecule is COc1cccc(/C=N/NC(=O)COc2cc(=O)n(C)c3ccccc23)c1. The molecule has 3 rings (SSSR count). The maximum atomic E-state index is 12.0. The van der Waals surface area contributed by atoms with E-state index < -0.39 is 5.91 Å². The molecule has 2 aromatic carbocycles. The maximum Gasteiger partial charge on any atom is 0.277 e. The Morgan fingerprint density at radius 1 is 1.19 bits per heavy atom. The van der Waals surface area contributed by atoms with E-state index in [0.29, 0.717) is 11.5 Å². The second kappa shape index (κ2) is 8.18. The van der Waals surface area contributed by atoms with Gasteiger partial charge in [0.25, 0.3) is 11.5 Å². The zero-order valence-electron chi connectivity index (χ0n) is 15.0. The summed E-state index contributed by atoms with van der Waals surface area (Å²) in [7, 11) is 3.27. The molecule has 0 radical (unpaired) electrons. The van der Waals surface area contributed by atoms with E-state index in [2.05, 4.69) is 10.5 Å². The summed E-state index contributed by atoms with van der Waals surface area (Å²) in [6, 6.07) is 16.0. The van der Waals surface area contributed by atoms with Crippen LogP contribution in [0.4, 0.5) is 0 Å². The van der Waals surface area contributed by atoms with E-state index in [1.807, 2.05) is 42.5 Å². The second-order valence-corrected chi connectivity index (χ2v) is 5.78. The maximum absolute atomic E-state index is 12.0. The number of nitrogens with one attached hydrogen (secondary N) is 1. The highest BCUT2D eigenvalue weighted by atomic mass is 16.5. The number of hydrazone groups is 1. The molecule has 0 spiro atoms. The molecule has 0 unspecified atom stereocenters. The number of amides is 1. The molecule has 7 heteroatoms. The van der Waals surface area contributed by atoms with Crippen LogP contribution in [0, 0.1) is 0 Å². The largest absolute Gasteiger partial charge is 0.497 e. The Morgan fingerprint density at radius 2 is 2.00 bits per heavy atom. The Kier molecular flexibility index (Phi) is 5.51. The highest BCUT2D eigenvalue weighted by molar-refractivity contribution is 5.86. The number of aryl methyl sites for hydroxylation is 1. The van der Waals surface area contributed by atoms with Gasteiger partial charge < -0.3 is 14.0 Å². The summed E-state index contributed by atoms with van der Waals surface area (Å²) in [6.45, 7) is -0.257. The summed E-state index contributed by atoms with van der Waals surface area (Å²) in [5, 5.41) is 4.65. The van der Waals surface area contributed by atoms with Crippen molar-refractivity contribution in [2.45, 2.75) is 0 Å². The minimum atomic E-state index is -0.432. The fraction of sp³-hybridized carbons (Fsp3) is 0.150. The van der Waals surface area contributed by atoms with Gasteiger partial charge in [0.05, 0.1) is 18.8 Å². The number of methoxy groups -OCH3 is 1. The normalized spacial score (nSPS) is 10.9. The van der Waals surface area contributed by atoms with Gasteiger partial charge in [-0.15, -0.1) is 0 Å². The van der Waals surface area contributed by atoms with Crippen molar-refractivity contribution in [3.8, 4) is 11.5 Å². The van der Waals surface area contributed by atoms with Crippen molar-refractivity contribution in [3.63, 3.8) is 0 Å². The number of carbonyl (C=O) groups is 1. The third kappa shape index (κ3) is 4.33. The number of hydrogen-bond acceptors (Lipinski definition) is 5. The lowest BCUT2D eigenvalue weighted by atomic mass is 10.2. The summed E-state index contributed by atoms with van der Waals surface area (Å²) in [5.74, 6) is 0.630. The number of fused-ring (bicyclic) bond motifs is 1. The van der Waals surface area contributed by atoms with Crippen LogP contribution in [0.5, 0.6) is 11.5 Å². The van der Waals surface area contributed by atoms with E-state index in [1.54, 1.807) is 20.2 Å². The standard InChI is InChI=1S/C20H19N3O4/c1-23-17-9-4-3-8-16(17)18(11-20(23)25)27-13-19(24)22-21-12-14-6-5-7-15(10-14)26-2/h3-12H,13H2,1-2H3,(H,22,24)/b21-12+. The molecule has 27 heavy (non-hydrogen) atoms. The fourth-order valence-electron chi connectivity index (χ4n) is 2.58. The van der Waals surface area contributed by atoms with Gasteiger partial charge in [0.15, 0.2) is 6.61 Å². The van der Waals surface area contributed by atoms with Gasteiger partial charge in [-0.25, -0.2) is 5.43 Å². The van der Waals surface area contributed by atoms with Crippen molar-refractivity contribution in [1.29, 1.82) is 0 Å². The molecule has 0 aliphatic carbocycles. The number of ether oxygens (including phenoxy) is 2. The minimum Gasteiger partial charge on any atom is -0.497 e. The number of carbonyl (C=O) groups excluding carboxylic acids is 1. The smallest absolute Gasteiger partial charge is 0.277 e. The van der Waals surface area contributed by atoms with E-state index >= 15 is 0 Å².